The molecule has 36 heavy (non-hydrogen) atoms. The number of ether oxygens (including phenoxy) is 2. The Labute approximate surface area is 204 Å². The molecule has 1 heterocycles. The van der Waals surface area contributed by atoms with E-state index in [9.17, 15) is 41.5 Å². The van der Waals surface area contributed by atoms with Crippen molar-refractivity contribution in [2.24, 2.45) is 5.92 Å². The van der Waals surface area contributed by atoms with Gasteiger partial charge in [0, 0.05) is 19.2 Å². The van der Waals surface area contributed by atoms with Gasteiger partial charge < -0.3 is 18.9 Å². The molecule has 0 spiro atoms. The summed E-state index contributed by atoms with van der Waals surface area (Å²) < 4.78 is 67.2. The van der Waals surface area contributed by atoms with Crippen LogP contribution in [0.4, 0.5) is 19.3 Å². The number of halogens is 2. The Bertz CT molecular complexity index is 1230. The summed E-state index contributed by atoms with van der Waals surface area (Å²) in [6, 6.07) is 13.6. The van der Waals surface area contributed by atoms with Crippen LogP contribution in [0.15, 0.2) is 48.5 Å². The third-order valence-electron chi connectivity index (χ3n) is 5.57. The Kier molecular flexibility index (Phi) is 8.20. The number of amides is 1. The van der Waals surface area contributed by atoms with Crippen molar-refractivity contribution in [3.05, 3.63) is 64.2 Å². The number of nitro benzene ring substituents is 1. The standard InChI is InChI=1S/C22H22F2N2O9S/c23-22(24,36(31,32)33)14-35-20(27)16-8-10-25(11-9-16)21(28)34-13-18-7-6-17(12-19(18)26(29)30)15-4-2-1-3-5-15/h1-7,12,16H,8-11,13-14H2,(H,31,32,33)/p-1. The first kappa shape index (κ1) is 26.9. The molecule has 0 saturated carbocycles. The minimum Gasteiger partial charge on any atom is -0.743 e. The number of rotatable bonds is 8. The highest BCUT2D eigenvalue weighted by molar-refractivity contribution is 7.86. The Balaban J connectivity index is 1.53. The van der Waals surface area contributed by atoms with Crippen molar-refractivity contribution in [1.29, 1.82) is 0 Å². The summed E-state index contributed by atoms with van der Waals surface area (Å²) in [4.78, 5) is 36.5. The lowest BCUT2D eigenvalue weighted by Crippen LogP contribution is -2.42. The van der Waals surface area contributed by atoms with Gasteiger partial charge in [0.05, 0.1) is 16.4 Å². The number of nitro groups is 1. The second kappa shape index (κ2) is 11.0. The summed E-state index contributed by atoms with van der Waals surface area (Å²) in [6.45, 7) is -2.25. The van der Waals surface area contributed by atoms with Crippen molar-refractivity contribution in [2.75, 3.05) is 19.7 Å². The fourth-order valence-corrected chi connectivity index (χ4v) is 3.74. The predicted molar refractivity (Wildman–Crippen MR) is 119 cm³/mol. The number of piperidine rings is 1. The molecule has 2 aromatic rings. The molecule has 0 aliphatic carbocycles. The van der Waals surface area contributed by atoms with Crippen molar-refractivity contribution in [3.8, 4) is 11.1 Å². The van der Waals surface area contributed by atoms with Crippen LogP contribution in [0.25, 0.3) is 11.1 Å². The van der Waals surface area contributed by atoms with Crippen molar-refractivity contribution in [3.63, 3.8) is 0 Å². The largest absolute Gasteiger partial charge is 0.743 e. The van der Waals surface area contributed by atoms with Crippen LogP contribution in [0.3, 0.4) is 0 Å². The third-order valence-corrected chi connectivity index (χ3v) is 6.42. The van der Waals surface area contributed by atoms with E-state index in [4.69, 9.17) is 4.74 Å². The van der Waals surface area contributed by atoms with Gasteiger partial charge in [-0.1, -0.05) is 36.4 Å². The molecule has 1 aliphatic heterocycles. The molecule has 14 heteroatoms. The highest BCUT2D eigenvalue weighted by Gasteiger charge is 2.40. The predicted octanol–water partition coefficient (Wildman–Crippen LogP) is 3.29. The van der Waals surface area contributed by atoms with Gasteiger partial charge in [0.2, 0.25) is 0 Å². The lowest BCUT2D eigenvalue weighted by atomic mass is 9.97. The first-order valence-electron chi connectivity index (χ1n) is 10.6. The van der Waals surface area contributed by atoms with E-state index in [2.05, 4.69) is 4.74 Å². The van der Waals surface area contributed by atoms with E-state index in [1.807, 2.05) is 6.07 Å². The number of carbonyl (C=O) groups excluding carboxylic acids is 2. The quantitative estimate of drug-likeness (QED) is 0.217. The average molecular weight is 527 g/mol. The van der Waals surface area contributed by atoms with Crippen LogP contribution in [0.2, 0.25) is 0 Å². The second-order valence-corrected chi connectivity index (χ2v) is 9.49. The van der Waals surface area contributed by atoms with Crippen LogP contribution >= 0.6 is 0 Å². The number of nitrogens with zero attached hydrogens (tertiary/aromatic N) is 2. The van der Waals surface area contributed by atoms with Crippen LogP contribution in [-0.4, -0.2) is 59.8 Å². The molecule has 0 bridgehead atoms. The fourth-order valence-electron chi connectivity index (χ4n) is 3.54. The Morgan fingerprint density at radius 2 is 1.69 bits per heavy atom. The maximum Gasteiger partial charge on any atom is 0.410 e. The molecule has 1 aliphatic rings. The molecule has 1 amide bonds. The first-order chi connectivity index (χ1) is 16.9. The van der Waals surface area contributed by atoms with Crippen LogP contribution in [0, 0.1) is 16.0 Å². The number of likely N-dealkylation sites (tertiary alicyclic amines) is 1. The minimum atomic E-state index is -5.98. The van der Waals surface area contributed by atoms with Crippen molar-refractivity contribution >= 4 is 27.9 Å². The summed E-state index contributed by atoms with van der Waals surface area (Å²) in [5.41, 5.74) is 1.36. The van der Waals surface area contributed by atoms with Crippen LogP contribution < -0.4 is 0 Å². The van der Waals surface area contributed by atoms with Gasteiger partial charge in [0.25, 0.3) is 5.69 Å². The third kappa shape index (κ3) is 6.51. The van der Waals surface area contributed by atoms with E-state index in [0.717, 1.165) is 5.56 Å². The molecule has 0 radical (unpaired) electrons. The molecular weight excluding hydrogens is 506 g/mol. The first-order valence-corrected chi connectivity index (χ1v) is 12.0. The van der Waals surface area contributed by atoms with E-state index in [1.165, 1.54) is 17.0 Å². The highest BCUT2D eigenvalue weighted by atomic mass is 32.2. The molecule has 0 N–H and O–H groups in total. The van der Waals surface area contributed by atoms with Crippen LogP contribution in [0.5, 0.6) is 0 Å². The molecule has 3 rings (SSSR count). The van der Waals surface area contributed by atoms with E-state index in [-0.39, 0.29) is 43.8 Å². The van der Waals surface area contributed by atoms with Crippen molar-refractivity contribution < 1.29 is 45.7 Å². The molecule has 1 saturated heterocycles. The number of hydrogen-bond acceptors (Lipinski definition) is 9. The zero-order chi connectivity index (χ0) is 26.5. The molecule has 1 fully saturated rings. The Morgan fingerprint density at radius 3 is 2.28 bits per heavy atom. The summed E-state index contributed by atoms with van der Waals surface area (Å²) >= 11 is 0. The van der Waals surface area contributed by atoms with Crippen molar-refractivity contribution in [1.82, 2.24) is 4.90 Å². The van der Waals surface area contributed by atoms with E-state index in [1.54, 1.807) is 30.3 Å². The van der Waals surface area contributed by atoms with Gasteiger partial charge in [-0.25, -0.2) is 13.2 Å². The average Bonchev–Trinajstić information content (AvgIpc) is 2.85. The van der Waals surface area contributed by atoms with E-state index >= 15 is 0 Å². The molecule has 0 atom stereocenters. The lowest BCUT2D eigenvalue weighted by molar-refractivity contribution is -0.385. The number of esters is 1. The number of benzene rings is 2. The number of alkyl halides is 2. The maximum atomic E-state index is 13.1. The molecule has 194 valence electrons. The lowest BCUT2D eigenvalue weighted by Gasteiger charge is -2.30. The molecular formula is C22H21F2N2O9S-. The van der Waals surface area contributed by atoms with Gasteiger partial charge in [-0.15, -0.1) is 0 Å². The molecule has 2 aromatic carbocycles. The zero-order valence-corrected chi connectivity index (χ0v) is 19.5. The van der Waals surface area contributed by atoms with Crippen LogP contribution in [0.1, 0.15) is 18.4 Å². The summed E-state index contributed by atoms with van der Waals surface area (Å²) in [5, 5.41) is 6.79. The topological polar surface area (TPSA) is 156 Å². The zero-order valence-electron chi connectivity index (χ0n) is 18.7. The highest BCUT2D eigenvalue weighted by Crippen LogP contribution is 2.28. The second-order valence-electron chi connectivity index (χ2n) is 7.98. The van der Waals surface area contributed by atoms with Gasteiger partial charge in [-0.05, 0) is 30.0 Å². The summed E-state index contributed by atoms with van der Waals surface area (Å²) in [7, 11) is -5.98. The monoisotopic (exact) mass is 527 g/mol. The Hall–Kier alpha value is -3.65. The molecule has 0 unspecified atom stereocenters. The van der Waals surface area contributed by atoms with E-state index in [0.29, 0.717) is 5.56 Å². The van der Waals surface area contributed by atoms with Gasteiger partial charge in [0.1, 0.15) is 6.61 Å². The minimum absolute atomic E-state index is 0.00385. The normalized spacial score (nSPS) is 14.8. The summed E-state index contributed by atoms with van der Waals surface area (Å²) in [5.74, 6) is -1.99. The van der Waals surface area contributed by atoms with Gasteiger partial charge in [0.15, 0.2) is 16.7 Å². The van der Waals surface area contributed by atoms with Gasteiger partial charge in [-0.3, -0.25) is 14.9 Å². The summed E-state index contributed by atoms with van der Waals surface area (Å²) in [6.07, 6.45) is -0.738. The number of carbonyl (C=O) groups is 2. The fraction of sp³-hybridized carbons (Fsp3) is 0.364. The van der Waals surface area contributed by atoms with Gasteiger partial charge in [-0.2, -0.15) is 8.78 Å². The smallest absolute Gasteiger partial charge is 0.410 e. The number of hydrogen-bond donors (Lipinski definition) is 0. The molecule has 11 nitrogen and oxygen atoms in total. The SMILES string of the molecule is O=C(OCC(F)(F)S(=O)(=O)[O-])C1CCN(C(=O)OCc2ccc(-c3ccccc3)cc2[N+](=O)[O-])CC1. The van der Waals surface area contributed by atoms with Gasteiger partial charge >= 0.3 is 17.3 Å². The Morgan fingerprint density at radius 1 is 1.06 bits per heavy atom. The van der Waals surface area contributed by atoms with Crippen LogP contribution in [-0.2, 0) is 31.0 Å². The van der Waals surface area contributed by atoms with E-state index < -0.39 is 44.9 Å². The van der Waals surface area contributed by atoms with Crippen molar-refractivity contribution in [2.45, 2.75) is 24.7 Å². The molecule has 0 aromatic heterocycles. The maximum absolute atomic E-state index is 13.1.